The third-order valence-corrected chi connectivity index (χ3v) is 2.53. The Hall–Kier alpha value is -1.16. The van der Waals surface area contributed by atoms with Gasteiger partial charge < -0.3 is 5.11 Å². The molecule has 0 amide bonds. The van der Waals surface area contributed by atoms with Gasteiger partial charge in [-0.1, -0.05) is 18.5 Å². The maximum absolute atomic E-state index is 11.1. The van der Waals surface area contributed by atoms with E-state index in [1.54, 1.807) is 13.8 Å². The van der Waals surface area contributed by atoms with Gasteiger partial charge in [-0.05, 0) is 13.3 Å². The molecule has 1 N–H and O–H groups in total. The predicted octanol–water partition coefficient (Wildman–Crippen LogP) is 1.88. The molecule has 0 bridgehead atoms. The second-order valence-corrected chi connectivity index (χ2v) is 3.61. The first kappa shape index (κ1) is 10.9. The van der Waals surface area contributed by atoms with E-state index in [4.69, 9.17) is 16.7 Å². The molecule has 1 aromatic rings. The van der Waals surface area contributed by atoms with E-state index >= 15 is 0 Å². The minimum atomic E-state index is -1.02. The van der Waals surface area contributed by atoms with Crippen molar-refractivity contribution in [1.29, 1.82) is 0 Å². The summed E-state index contributed by atoms with van der Waals surface area (Å²) in [6.45, 7) is 3.40. The molecule has 5 heteroatoms. The highest BCUT2D eigenvalue weighted by Crippen LogP contribution is 2.26. The van der Waals surface area contributed by atoms with Crippen LogP contribution in [0.1, 0.15) is 26.0 Å². The average molecular weight is 215 g/mol. The predicted molar refractivity (Wildman–Crippen MR) is 52.3 cm³/mol. The molecule has 0 fully saturated rings. The fourth-order valence-electron chi connectivity index (χ4n) is 1.05. The second kappa shape index (κ2) is 3.92. The molecule has 0 aliphatic carbocycles. The number of nitrogens with zero attached hydrogens (tertiary/aromatic N) is 2. The number of rotatable bonds is 3. The Morgan fingerprint density at radius 1 is 1.64 bits per heavy atom. The van der Waals surface area contributed by atoms with E-state index in [1.807, 2.05) is 0 Å². The summed E-state index contributed by atoms with van der Waals surface area (Å²) in [6.07, 6.45) is 3.25. The second-order valence-electron chi connectivity index (χ2n) is 3.22. The summed E-state index contributed by atoms with van der Waals surface area (Å²) in [5.41, 5.74) is -0.627. The minimum Gasteiger partial charge on any atom is -0.481 e. The first-order valence-corrected chi connectivity index (χ1v) is 4.60. The summed E-state index contributed by atoms with van der Waals surface area (Å²) in [5, 5.41) is 9.28. The molecule has 4 nitrogen and oxygen atoms in total. The van der Waals surface area contributed by atoms with Crippen molar-refractivity contribution in [3.05, 3.63) is 23.2 Å². The maximum Gasteiger partial charge on any atom is 0.315 e. The SMILES string of the molecule is CCC(C)(C(=O)O)c1cncc(Cl)n1. The number of hydrogen-bond acceptors (Lipinski definition) is 3. The van der Waals surface area contributed by atoms with Crippen LogP contribution < -0.4 is 0 Å². The smallest absolute Gasteiger partial charge is 0.315 e. The Bertz CT molecular complexity index is 356. The average Bonchev–Trinajstić information content (AvgIpc) is 2.16. The van der Waals surface area contributed by atoms with Crippen LogP contribution in [0.5, 0.6) is 0 Å². The van der Waals surface area contributed by atoms with Crippen LogP contribution in [0, 0.1) is 0 Å². The van der Waals surface area contributed by atoms with Crippen molar-refractivity contribution in [2.45, 2.75) is 25.7 Å². The molecule has 1 aromatic heterocycles. The van der Waals surface area contributed by atoms with Gasteiger partial charge in [0.25, 0.3) is 0 Å². The number of carbonyl (C=O) groups is 1. The van der Waals surface area contributed by atoms with Gasteiger partial charge in [0.05, 0.1) is 11.9 Å². The zero-order valence-corrected chi connectivity index (χ0v) is 8.75. The standard InChI is InChI=1S/C9H11ClN2O2/c1-3-9(2,8(13)14)6-4-11-5-7(10)12-6/h4-5H,3H2,1-2H3,(H,13,14). The van der Waals surface area contributed by atoms with Crippen LogP contribution in [0.3, 0.4) is 0 Å². The van der Waals surface area contributed by atoms with Gasteiger partial charge in [-0.3, -0.25) is 9.78 Å². The van der Waals surface area contributed by atoms with Gasteiger partial charge in [0.15, 0.2) is 0 Å². The Morgan fingerprint density at radius 2 is 2.29 bits per heavy atom. The molecule has 0 saturated heterocycles. The van der Waals surface area contributed by atoms with Gasteiger partial charge in [-0.2, -0.15) is 0 Å². The summed E-state index contributed by atoms with van der Waals surface area (Å²) in [7, 11) is 0. The molecule has 0 saturated carbocycles. The molecule has 0 spiro atoms. The minimum absolute atomic E-state index is 0.212. The number of hydrogen-bond donors (Lipinski definition) is 1. The lowest BCUT2D eigenvalue weighted by atomic mass is 9.84. The number of carboxylic acids is 1. The van der Waals surface area contributed by atoms with Crippen molar-refractivity contribution in [1.82, 2.24) is 9.97 Å². The zero-order valence-electron chi connectivity index (χ0n) is 7.99. The van der Waals surface area contributed by atoms with E-state index in [9.17, 15) is 4.79 Å². The molecule has 1 atom stereocenters. The van der Waals surface area contributed by atoms with Crippen LogP contribution >= 0.6 is 11.6 Å². The van der Waals surface area contributed by atoms with Gasteiger partial charge in [0.1, 0.15) is 10.6 Å². The van der Waals surface area contributed by atoms with Gasteiger partial charge in [-0.15, -0.1) is 0 Å². The Labute approximate surface area is 87.0 Å². The van der Waals surface area contributed by atoms with Gasteiger partial charge in [0, 0.05) is 6.20 Å². The summed E-state index contributed by atoms with van der Waals surface area (Å²) in [5.74, 6) is -0.920. The molecule has 0 radical (unpaired) electrons. The van der Waals surface area contributed by atoms with Crippen LogP contribution in [-0.2, 0) is 10.2 Å². The highest BCUT2D eigenvalue weighted by atomic mass is 35.5. The molecule has 1 rings (SSSR count). The molecule has 14 heavy (non-hydrogen) atoms. The summed E-state index contributed by atoms with van der Waals surface area (Å²) in [4.78, 5) is 18.8. The largest absolute Gasteiger partial charge is 0.481 e. The van der Waals surface area contributed by atoms with E-state index in [2.05, 4.69) is 9.97 Å². The van der Waals surface area contributed by atoms with Crippen LogP contribution in [-0.4, -0.2) is 21.0 Å². The monoisotopic (exact) mass is 214 g/mol. The Morgan fingerprint density at radius 3 is 2.71 bits per heavy atom. The van der Waals surface area contributed by atoms with Gasteiger partial charge >= 0.3 is 5.97 Å². The third kappa shape index (κ3) is 1.85. The number of aromatic nitrogens is 2. The third-order valence-electron chi connectivity index (χ3n) is 2.35. The van der Waals surface area contributed by atoms with Crippen LogP contribution in [0.15, 0.2) is 12.4 Å². The van der Waals surface area contributed by atoms with Crippen molar-refractivity contribution in [3.8, 4) is 0 Å². The van der Waals surface area contributed by atoms with Crippen LogP contribution in [0.2, 0.25) is 5.15 Å². The highest BCUT2D eigenvalue weighted by Gasteiger charge is 2.35. The van der Waals surface area contributed by atoms with E-state index in [1.165, 1.54) is 12.4 Å². The molecular weight excluding hydrogens is 204 g/mol. The van der Waals surface area contributed by atoms with Crippen molar-refractivity contribution < 1.29 is 9.90 Å². The fraction of sp³-hybridized carbons (Fsp3) is 0.444. The van der Waals surface area contributed by atoms with Crippen molar-refractivity contribution in [2.75, 3.05) is 0 Å². The topological polar surface area (TPSA) is 63.1 Å². The van der Waals surface area contributed by atoms with Crippen LogP contribution in [0.4, 0.5) is 0 Å². The van der Waals surface area contributed by atoms with Crippen molar-refractivity contribution in [3.63, 3.8) is 0 Å². The van der Waals surface area contributed by atoms with E-state index in [0.717, 1.165) is 0 Å². The quantitative estimate of drug-likeness (QED) is 0.835. The van der Waals surface area contributed by atoms with E-state index in [-0.39, 0.29) is 5.15 Å². The lowest BCUT2D eigenvalue weighted by Crippen LogP contribution is -2.32. The van der Waals surface area contributed by atoms with Gasteiger partial charge in [-0.25, -0.2) is 4.98 Å². The lowest BCUT2D eigenvalue weighted by Gasteiger charge is -2.21. The summed E-state index contributed by atoms with van der Waals surface area (Å²) < 4.78 is 0. The first-order chi connectivity index (χ1) is 6.50. The molecule has 0 aliphatic rings. The normalized spacial score (nSPS) is 14.8. The molecular formula is C9H11ClN2O2. The number of carboxylic acid groups (broad SMARTS) is 1. The fourth-order valence-corrected chi connectivity index (χ4v) is 1.20. The number of halogens is 1. The van der Waals surface area contributed by atoms with E-state index < -0.39 is 11.4 Å². The zero-order chi connectivity index (χ0) is 10.8. The molecule has 1 unspecified atom stereocenters. The first-order valence-electron chi connectivity index (χ1n) is 4.22. The van der Waals surface area contributed by atoms with Crippen molar-refractivity contribution in [2.24, 2.45) is 0 Å². The molecule has 0 aromatic carbocycles. The summed E-state index contributed by atoms with van der Waals surface area (Å²) in [6, 6.07) is 0. The van der Waals surface area contributed by atoms with Crippen LogP contribution in [0.25, 0.3) is 0 Å². The Kier molecular flexibility index (Phi) is 3.06. The highest BCUT2D eigenvalue weighted by molar-refractivity contribution is 6.29. The Balaban J connectivity index is 3.19. The number of aliphatic carboxylic acids is 1. The molecule has 76 valence electrons. The maximum atomic E-state index is 11.1. The molecule has 1 heterocycles. The van der Waals surface area contributed by atoms with Crippen molar-refractivity contribution >= 4 is 17.6 Å². The molecule has 0 aliphatic heterocycles. The summed E-state index contributed by atoms with van der Waals surface area (Å²) >= 11 is 5.65. The van der Waals surface area contributed by atoms with Gasteiger partial charge in [0.2, 0.25) is 0 Å². The van der Waals surface area contributed by atoms with E-state index in [0.29, 0.717) is 12.1 Å². The lowest BCUT2D eigenvalue weighted by molar-refractivity contribution is -0.143.